The van der Waals surface area contributed by atoms with E-state index in [2.05, 4.69) is 32.9 Å². The zero-order valence-corrected chi connectivity index (χ0v) is 18.4. The maximum atomic E-state index is 10.8. The lowest BCUT2D eigenvalue weighted by molar-refractivity contribution is 0.458. The van der Waals surface area contributed by atoms with Crippen LogP contribution in [0.1, 0.15) is 98.6 Å². The number of rotatable bonds is 10. The highest BCUT2D eigenvalue weighted by Crippen LogP contribution is 2.41. The molecule has 0 radical (unpaired) electrons. The molecule has 0 saturated carbocycles. The quantitative estimate of drug-likeness (QED) is 0.451. The minimum Gasteiger partial charge on any atom is -0.507 e. The van der Waals surface area contributed by atoms with Gasteiger partial charge in [-0.3, -0.25) is 0 Å². The first-order valence-electron chi connectivity index (χ1n) is 11.1. The summed E-state index contributed by atoms with van der Waals surface area (Å²) in [7, 11) is 0. The summed E-state index contributed by atoms with van der Waals surface area (Å²) in [6, 6.07) is 8.51. The van der Waals surface area contributed by atoms with Crippen LogP contribution in [0.25, 0.3) is 0 Å². The topological polar surface area (TPSA) is 40.5 Å². The lowest BCUT2D eigenvalue weighted by atomic mass is 9.79. The molecule has 0 atom stereocenters. The van der Waals surface area contributed by atoms with Crippen LogP contribution in [0.3, 0.4) is 0 Å². The number of hydrogen-bond donors (Lipinski definition) is 2. The van der Waals surface area contributed by atoms with Crippen molar-refractivity contribution in [3.63, 3.8) is 0 Å². The first kappa shape index (κ1) is 22.3. The van der Waals surface area contributed by atoms with Gasteiger partial charge in [0, 0.05) is 5.92 Å². The zero-order chi connectivity index (χ0) is 20.7. The molecule has 2 aromatic carbocycles. The van der Waals surface area contributed by atoms with Gasteiger partial charge in [0.05, 0.1) is 0 Å². The Morgan fingerprint density at radius 2 is 1.11 bits per heavy atom. The predicted octanol–water partition coefficient (Wildman–Crippen LogP) is 7.33. The number of benzene rings is 2. The van der Waals surface area contributed by atoms with Crippen LogP contribution in [0.15, 0.2) is 24.3 Å². The Morgan fingerprint density at radius 3 is 1.46 bits per heavy atom. The highest BCUT2D eigenvalue weighted by molar-refractivity contribution is 5.53. The van der Waals surface area contributed by atoms with E-state index in [4.69, 9.17) is 0 Å². The summed E-state index contributed by atoms with van der Waals surface area (Å²) >= 11 is 0. The third kappa shape index (κ3) is 4.90. The van der Waals surface area contributed by atoms with E-state index in [9.17, 15) is 10.2 Å². The van der Waals surface area contributed by atoms with E-state index in [0.29, 0.717) is 11.5 Å². The molecule has 0 amide bonds. The van der Waals surface area contributed by atoms with Crippen molar-refractivity contribution in [2.24, 2.45) is 0 Å². The second-order valence-electron chi connectivity index (χ2n) is 8.15. The summed E-state index contributed by atoms with van der Waals surface area (Å²) in [5, 5.41) is 21.7. The van der Waals surface area contributed by atoms with E-state index in [0.717, 1.165) is 73.6 Å². The van der Waals surface area contributed by atoms with Crippen LogP contribution in [0.5, 0.6) is 11.5 Å². The van der Waals surface area contributed by atoms with Gasteiger partial charge in [-0.15, -0.1) is 0 Å². The molecule has 154 valence electrons. The van der Waals surface area contributed by atoms with Crippen molar-refractivity contribution in [2.45, 2.75) is 91.9 Å². The van der Waals surface area contributed by atoms with Crippen molar-refractivity contribution in [1.29, 1.82) is 0 Å². The van der Waals surface area contributed by atoms with E-state index in [1.54, 1.807) is 0 Å². The van der Waals surface area contributed by atoms with Crippen LogP contribution >= 0.6 is 0 Å². The van der Waals surface area contributed by atoms with Crippen molar-refractivity contribution in [1.82, 2.24) is 0 Å². The highest BCUT2D eigenvalue weighted by Gasteiger charge is 2.24. The van der Waals surface area contributed by atoms with E-state index in [-0.39, 0.29) is 5.92 Å². The van der Waals surface area contributed by atoms with E-state index in [1.807, 2.05) is 26.0 Å². The largest absolute Gasteiger partial charge is 0.507 e. The Labute approximate surface area is 171 Å². The molecule has 0 fully saturated rings. The van der Waals surface area contributed by atoms with Crippen molar-refractivity contribution in [2.75, 3.05) is 0 Å². The smallest absolute Gasteiger partial charge is 0.121 e. The Hall–Kier alpha value is -1.96. The molecule has 2 nitrogen and oxygen atoms in total. The lowest BCUT2D eigenvalue weighted by Gasteiger charge is -2.26. The Balaban J connectivity index is 2.64. The number of aromatic hydroxyl groups is 2. The fourth-order valence-electron chi connectivity index (χ4n) is 4.19. The molecular formula is C26H38O2. The number of hydrogen-bond acceptors (Lipinski definition) is 2. The molecule has 0 spiro atoms. The number of phenols is 2. The van der Waals surface area contributed by atoms with Gasteiger partial charge in [-0.2, -0.15) is 0 Å². The van der Waals surface area contributed by atoms with Crippen molar-refractivity contribution in [3.05, 3.63) is 57.6 Å². The van der Waals surface area contributed by atoms with Gasteiger partial charge < -0.3 is 10.2 Å². The summed E-state index contributed by atoms with van der Waals surface area (Å²) < 4.78 is 0. The maximum Gasteiger partial charge on any atom is 0.121 e. The molecule has 2 heteroatoms. The van der Waals surface area contributed by atoms with Crippen molar-refractivity contribution >= 4 is 0 Å². The molecule has 2 N–H and O–H groups in total. The molecule has 0 unspecified atom stereocenters. The minimum absolute atomic E-state index is 0.210. The first-order valence-corrected chi connectivity index (χ1v) is 11.1. The molecule has 0 aliphatic heterocycles. The third-order valence-electron chi connectivity index (χ3n) is 5.93. The molecule has 0 aliphatic carbocycles. The Bertz CT molecular complexity index is 713. The molecular weight excluding hydrogens is 344 g/mol. The van der Waals surface area contributed by atoms with Crippen LogP contribution in [0.4, 0.5) is 0 Å². The van der Waals surface area contributed by atoms with Crippen LogP contribution in [0, 0.1) is 13.8 Å². The maximum absolute atomic E-state index is 10.8. The lowest BCUT2D eigenvalue weighted by Crippen LogP contribution is -2.09. The summed E-state index contributed by atoms with van der Waals surface area (Å²) in [4.78, 5) is 0. The van der Waals surface area contributed by atoms with Gasteiger partial charge >= 0.3 is 0 Å². The third-order valence-corrected chi connectivity index (χ3v) is 5.93. The van der Waals surface area contributed by atoms with E-state index in [1.165, 1.54) is 11.1 Å². The van der Waals surface area contributed by atoms with Gasteiger partial charge in [-0.25, -0.2) is 0 Å². The average Bonchev–Trinajstić information content (AvgIpc) is 2.69. The molecule has 0 heterocycles. The standard InChI is InChI=1S/C26H38O2/c1-6-9-12-23-21(16-14-18(4)25(23)27)20(11-8-3)22-17-15-19(5)26(28)24(22)13-10-7-2/h14-17,20,27-28H,6-13H2,1-5H3. The second-order valence-corrected chi connectivity index (χ2v) is 8.15. The minimum atomic E-state index is 0.210. The fraction of sp³-hybridized carbons (Fsp3) is 0.538. The van der Waals surface area contributed by atoms with Gasteiger partial charge in [0.25, 0.3) is 0 Å². The van der Waals surface area contributed by atoms with Gasteiger partial charge in [0.1, 0.15) is 11.5 Å². The monoisotopic (exact) mass is 382 g/mol. The number of aryl methyl sites for hydroxylation is 2. The van der Waals surface area contributed by atoms with Gasteiger partial charge in [-0.1, -0.05) is 64.3 Å². The summed E-state index contributed by atoms with van der Waals surface area (Å²) in [5.41, 5.74) is 6.56. The average molecular weight is 383 g/mol. The first-order chi connectivity index (χ1) is 13.5. The van der Waals surface area contributed by atoms with E-state index >= 15 is 0 Å². The van der Waals surface area contributed by atoms with Crippen LogP contribution in [-0.2, 0) is 12.8 Å². The van der Waals surface area contributed by atoms with Crippen LogP contribution in [0.2, 0.25) is 0 Å². The van der Waals surface area contributed by atoms with Crippen molar-refractivity contribution < 1.29 is 10.2 Å². The van der Waals surface area contributed by atoms with Crippen molar-refractivity contribution in [3.8, 4) is 11.5 Å². The summed E-state index contributed by atoms with van der Waals surface area (Å²) in [6.45, 7) is 10.6. The number of unbranched alkanes of at least 4 members (excludes halogenated alkanes) is 2. The van der Waals surface area contributed by atoms with Gasteiger partial charge in [0.15, 0.2) is 0 Å². The fourth-order valence-corrected chi connectivity index (χ4v) is 4.19. The Morgan fingerprint density at radius 1 is 0.679 bits per heavy atom. The summed E-state index contributed by atoms with van der Waals surface area (Å²) in [5.74, 6) is 1.12. The second kappa shape index (κ2) is 10.5. The molecule has 0 aromatic heterocycles. The normalized spacial score (nSPS) is 11.4. The van der Waals surface area contributed by atoms with Crippen LogP contribution in [-0.4, -0.2) is 10.2 Å². The highest BCUT2D eigenvalue weighted by atomic mass is 16.3. The molecule has 0 aliphatic rings. The summed E-state index contributed by atoms with van der Waals surface area (Å²) in [6.07, 6.45) is 8.26. The molecule has 2 aromatic rings. The molecule has 0 saturated heterocycles. The van der Waals surface area contributed by atoms with Gasteiger partial charge in [0.2, 0.25) is 0 Å². The number of phenolic OH excluding ortho intramolecular Hbond substituents is 2. The molecule has 0 bridgehead atoms. The molecule has 28 heavy (non-hydrogen) atoms. The van der Waals surface area contributed by atoms with Gasteiger partial charge in [-0.05, 0) is 79.3 Å². The molecule has 2 rings (SSSR count). The Kier molecular flexibility index (Phi) is 8.41. The zero-order valence-electron chi connectivity index (χ0n) is 18.4. The van der Waals surface area contributed by atoms with E-state index < -0.39 is 0 Å². The SMILES string of the molecule is CCCCc1c(C(CCC)c2ccc(C)c(O)c2CCCC)ccc(C)c1O. The predicted molar refractivity (Wildman–Crippen MR) is 120 cm³/mol. The van der Waals surface area contributed by atoms with Crippen LogP contribution < -0.4 is 0 Å².